The molecule has 0 aliphatic carbocycles. The molecule has 0 N–H and O–H groups in total. The zero-order chi connectivity index (χ0) is 22.6. The van der Waals surface area contributed by atoms with E-state index in [1.807, 2.05) is 6.07 Å². The number of hydrogen-bond donors (Lipinski definition) is 0. The molecule has 0 spiro atoms. The van der Waals surface area contributed by atoms with E-state index >= 15 is 0 Å². The number of nitrogens with zero attached hydrogens (tertiary/aromatic N) is 4. The lowest BCUT2D eigenvalue weighted by atomic mass is 10.0. The van der Waals surface area contributed by atoms with Crippen LogP contribution < -0.4 is 4.90 Å². The van der Waals surface area contributed by atoms with E-state index in [1.165, 1.54) is 41.2 Å². The van der Waals surface area contributed by atoms with Gasteiger partial charge in [0.25, 0.3) is 5.91 Å². The minimum atomic E-state index is -4.05. The van der Waals surface area contributed by atoms with Crippen molar-refractivity contribution < 1.29 is 17.6 Å². The first-order chi connectivity index (χ1) is 14.6. The Hall–Kier alpha value is -2.93. The lowest BCUT2D eigenvalue weighted by Crippen LogP contribution is -2.49. The van der Waals surface area contributed by atoms with Gasteiger partial charge in [-0.05, 0) is 29.8 Å². The number of fused-ring (bicyclic) bond motifs is 1. The van der Waals surface area contributed by atoms with Crippen LogP contribution in [0.4, 0.5) is 16.0 Å². The zero-order valence-electron chi connectivity index (χ0n) is 15.9. The molecule has 1 aromatic heterocycles. The molecule has 0 unspecified atom stereocenters. The summed E-state index contributed by atoms with van der Waals surface area (Å²) in [6, 6.07) is 10.6. The van der Waals surface area contributed by atoms with Crippen LogP contribution in [0.2, 0.25) is 10.0 Å². The highest BCUT2D eigenvalue weighted by molar-refractivity contribution is 7.92. The zero-order valence-corrected chi connectivity index (χ0v) is 18.2. The Balaban J connectivity index is 1.91. The van der Waals surface area contributed by atoms with E-state index in [0.717, 1.165) is 11.2 Å². The first-order valence-corrected chi connectivity index (χ1v) is 11.5. The predicted octanol–water partition coefficient (Wildman–Crippen LogP) is 3.82. The second kappa shape index (κ2) is 7.34. The number of carbonyl (C=O) groups is 1. The number of rotatable bonds is 4. The average molecular weight is 479 g/mol. The maximum absolute atomic E-state index is 13.9. The van der Waals surface area contributed by atoms with Gasteiger partial charge >= 0.3 is 0 Å². The van der Waals surface area contributed by atoms with Crippen molar-refractivity contribution in [3.8, 4) is 6.07 Å². The van der Waals surface area contributed by atoms with Crippen molar-refractivity contribution in [2.45, 2.75) is 11.3 Å². The van der Waals surface area contributed by atoms with Gasteiger partial charge in [0.15, 0.2) is 15.7 Å². The van der Waals surface area contributed by atoms with Crippen molar-refractivity contribution in [1.82, 2.24) is 9.55 Å². The van der Waals surface area contributed by atoms with Crippen LogP contribution in [0.15, 0.2) is 48.8 Å². The summed E-state index contributed by atoms with van der Waals surface area (Å²) in [6.07, 6.45) is 3.51. The number of anilines is 2. The molecule has 158 valence electrons. The van der Waals surface area contributed by atoms with Gasteiger partial charge in [0.1, 0.15) is 0 Å². The molecule has 7 nitrogen and oxygen atoms in total. The Morgan fingerprint density at radius 1 is 1.19 bits per heavy atom. The SMILES string of the molecule is CS(=O)(=O)[C@]1(Cc2ccc(C#N)cc2)C(=O)N(c2cc(Cl)c(F)c(Cl)c2)c2nccn21. The van der Waals surface area contributed by atoms with Crippen LogP contribution in [0.5, 0.6) is 0 Å². The summed E-state index contributed by atoms with van der Waals surface area (Å²) in [7, 11) is -4.05. The van der Waals surface area contributed by atoms with Gasteiger partial charge in [0.05, 0.1) is 27.4 Å². The Kier molecular flexibility index (Phi) is 5.04. The minimum Gasteiger partial charge on any atom is -0.288 e. The predicted molar refractivity (Wildman–Crippen MR) is 113 cm³/mol. The molecule has 2 aromatic carbocycles. The molecule has 11 heteroatoms. The van der Waals surface area contributed by atoms with Crippen LogP contribution in [0.25, 0.3) is 0 Å². The third-order valence-electron chi connectivity index (χ3n) is 5.11. The second-order valence-corrected chi connectivity index (χ2v) is 10.0. The molecule has 1 amide bonds. The number of sulfone groups is 1. The highest BCUT2D eigenvalue weighted by Crippen LogP contribution is 2.45. The van der Waals surface area contributed by atoms with E-state index in [2.05, 4.69) is 4.98 Å². The molecule has 3 aromatic rings. The highest BCUT2D eigenvalue weighted by Gasteiger charge is 2.59. The third kappa shape index (κ3) is 3.19. The standard InChI is InChI=1S/C20H13Cl2FN4O3S/c1-31(29,30)20(10-12-2-4-13(11-24)5-3-12)18(28)27(19-25-6-7-26(19)20)14-8-15(21)17(23)16(22)9-14/h2-9H,10H2,1H3/t20-/m1/s1. The highest BCUT2D eigenvalue weighted by atomic mass is 35.5. The molecule has 0 radical (unpaired) electrons. The Bertz CT molecular complexity index is 1340. The summed E-state index contributed by atoms with van der Waals surface area (Å²) < 4.78 is 41.3. The smallest absolute Gasteiger partial charge is 0.276 e. The van der Waals surface area contributed by atoms with Crippen molar-refractivity contribution in [3.63, 3.8) is 0 Å². The van der Waals surface area contributed by atoms with E-state index in [-0.39, 0.29) is 28.1 Å². The summed E-state index contributed by atoms with van der Waals surface area (Å²) >= 11 is 11.8. The monoisotopic (exact) mass is 478 g/mol. The van der Waals surface area contributed by atoms with E-state index < -0.39 is 26.4 Å². The van der Waals surface area contributed by atoms with Gasteiger partial charge in [-0.15, -0.1) is 0 Å². The molecule has 1 aliphatic heterocycles. The van der Waals surface area contributed by atoms with Gasteiger partial charge in [-0.2, -0.15) is 5.26 Å². The van der Waals surface area contributed by atoms with E-state index in [1.54, 1.807) is 12.1 Å². The molecule has 4 rings (SSSR count). The maximum Gasteiger partial charge on any atom is 0.276 e. The van der Waals surface area contributed by atoms with Gasteiger partial charge in [-0.3, -0.25) is 9.36 Å². The molecule has 0 bridgehead atoms. The van der Waals surface area contributed by atoms with E-state index in [4.69, 9.17) is 28.5 Å². The largest absolute Gasteiger partial charge is 0.288 e. The number of hydrogen-bond acceptors (Lipinski definition) is 5. The van der Waals surface area contributed by atoms with Crippen molar-refractivity contribution in [2.75, 3.05) is 11.2 Å². The molecule has 0 saturated carbocycles. The number of aromatic nitrogens is 2. The fourth-order valence-corrected chi connectivity index (χ4v) is 5.43. The summed E-state index contributed by atoms with van der Waals surface area (Å²) in [5, 5.41) is 8.35. The Morgan fingerprint density at radius 2 is 1.81 bits per heavy atom. The molecule has 0 saturated heterocycles. The average Bonchev–Trinajstić information content (AvgIpc) is 3.27. The molecule has 2 heterocycles. The summed E-state index contributed by atoms with van der Waals surface area (Å²) in [6.45, 7) is 0. The van der Waals surface area contributed by atoms with Crippen molar-refractivity contribution in [3.05, 3.63) is 75.8 Å². The second-order valence-electron chi connectivity index (χ2n) is 7.00. The van der Waals surface area contributed by atoms with Gasteiger partial charge < -0.3 is 0 Å². The number of imidazole rings is 1. The van der Waals surface area contributed by atoms with Crippen LogP contribution in [-0.2, 0) is 25.9 Å². The van der Waals surface area contributed by atoms with Gasteiger partial charge in [0, 0.05) is 25.1 Å². The molecular formula is C20H13Cl2FN4O3S. The topological polar surface area (TPSA) is 96.1 Å². The normalized spacial score (nSPS) is 18.2. The Labute approximate surface area is 187 Å². The van der Waals surface area contributed by atoms with E-state index in [0.29, 0.717) is 11.1 Å². The van der Waals surface area contributed by atoms with Crippen LogP contribution >= 0.6 is 23.2 Å². The molecule has 0 fully saturated rings. The van der Waals surface area contributed by atoms with Crippen LogP contribution in [0, 0.1) is 17.1 Å². The number of amides is 1. The summed E-state index contributed by atoms with van der Waals surface area (Å²) in [5.74, 6) is -1.63. The van der Waals surface area contributed by atoms with Crippen LogP contribution in [0.1, 0.15) is 11.1 Å². The lowest BCUT2D eigenvalue weighted by Gasteiger charge is -2.27. The fourth-order valence-electron chi connectivity index (χ4n) is 3.62. The fraction of sp³-hybridized carbons (Fsp3) is 0.150. The number of carbonyl (C=O) groups excluding carboxylic acids is 1. The van der Waals surface area contributed by atoms with Crippen LogP contribution in [0.3, 0.4) is 0 Å². The lowest BCUT2D eigenvalue weighted by molar-refractivity contribution is -0.121. The molecular weight excluding hydrogens is 466 g/mol. The van der Waals surface area contributed by atoms with Gasteiger partial charge in [-0.25, -0.2) is 22.7 Å². The van der Waals surface area contributed by atoms with Crippen molar-refractivity contribution >= 4 is 50.6 Å². The molecule has 1 aliphatic rings. The van der Waals surface area contributed by atoms with E-state index in [9.17, 15) is 17.6 Å². The number of nitriles is 1. The Morgan fingerprint density at radius 3 is 2.35 bits per heavy atom. The minimum absolute atomic E-state index is 0.0304. The van der Waals surface area contributed by atoms with Crippen molar-refractivity contribution in [1.29, 1.82) is 5.26 Å². The summed E-state index contributed by atoms with van der Waals surface area (Å²) in [5.41, 5.74) is 1.00. The number of halogens is 3. The quantitative estimate of drug-likeness (QED) is 0.531. The maximum atomic E-state index is 13.9. The number of benzene rings is 2. The first kappa shape index (κ1) is 21.3. The van der Waals surface area contributed by atoms with Gasteiger partial charge in [0.2, 0.25) is 10.8 Å². The van der Waals surface area contributed by atoms with Gasteiger partial charge in [-0.1, -0.05) is 35.3 Å². The van der Waals surface area contributed by atoms with Crippen molar-refractivity contribution in [2.24, 2.45) is 0 Å². The first-order valence-electron chi connectivity index (χ1n) is 8.81. The third-order valence-corrected chi connectivity index (χ3v) is 7.41. The molecule has 31 heavy (non-hydrogen) atoms. The summed E-state index contributed by atoms with van der Waals surface area (Å²) in [4.78, 5) is 16.8. The van der Waals surface area contributed by atoms with Crippen LogP contribution in [-0.4, -0.2) is 30.1 Å². The molecule has 1 atom stereocenters.